The van der Waals surface area contributed by atoms with Gasteiger partial charge >= 0.3 is 0 Å². The lowest BCUT2D eigenvalue weighted by Crippen LogP contribution is -2.74. The number of Topliss-reactive ketones (excluding diaryl/α,β-unsaturated/α-hetero) is 4. The van der Waals surface area contributed by atoms with Gasteiger partial charge in [-0.1, -0.05) is 0 Å². The summed E-state index contributed by atoms with van der Waals surface area (Å²) in [5, 5.41) is 23.0. The lowest BCUT2D eigenvalue weighted by Gasteiger charge is -2.52. The first-order valence-corrected chi connectivity index (χ1v) is 14.4. The second-order valence-electron chi connectivity index (χ2n) is 13.1. The van der Waals surface area contributed by atoms with Crippen molar-refractivity contribution in [1.82, 2.24) is 9.80 Å². The summed E-state index contributed by atoms with van der Waals surface area (Å²) in [6.45, 7) is 0.646. The van der Waals surface area contributed by atoms with Crippen molar-refractivity contribution in [3.8, 4) is 5.75 Å². The van der Waals surface area contributed by atoms with Crippen LogP contribution in [0.25, 0.3) is 0 Å². The Labute approximate surface area is 238 Å². The van der Waals surface area contributed by atoms with Gasteiger partial charge in [0.2, 0.25) is 5.91 Å². The molecule has 0 aromatic heterocycles. The summed E-state index contributed by atoms with van der Waals surface area (Å²) in [6.07, 6.45) is 4.94. The van der Waals surface area contributed by atoms with Crippen molar-refractivity contribution >= 4 is 34.7 Å². The molecule has 6 atom stereocenters. The molecule has 220 valence electrons. The molecule has 0 radical (unpaired) electrons. The number of anilines is 1. The number of nitrogens with zero attached hydrogens (tertiary/aromatic N) is 3. The van der Waals surface area contributed by atoms with E-state index in [1.54, 1.807) is 20.2 Å². The Bertz CT molecular complexity index is 1370. The molecule has 4 fully saturated rings. The number of benzene rings is 1. The van der Waals surface area contributed by atoms with Gasteiger partial charge in [0.05, 0.1) is 17.5 Å². The Morgan fingerprint density at radius 2 is 1.66 bits per heavy atom. The number of ketones is 4. The van der Waals surface area contributed by atoms with Crippen molar-refractivity contribution in [1.29, 1.82) is 0 Å². The van der Waals surface area contributed by atoms with Crippen molar-refractivity contribution < 1.29 is 34.2 Å². The van der Waals surface area contributed by atoms with Gasteiger partial charge in [0, 0.05) is 44.3 Å². The van der Waals surface area contributed by atoms with Crippen LogP contribution in [0.15, 0.2) is 6.07 Å². The van der Waals surface area contributed by atoms with Crippen molar-refractivity contribution in [2.45, 2.75) is 68.8 Å². The normalized spacial score (nSPS) is 36.4. The number of aliphatic hydroxyl groups is 1. The molecule has 2 aliphatic heterocycles. The van der Waals surface area contributed by atoms with E-state index in [0.29, 0.717) is 24.2 Å². The van der Waals surface area contributed by atoms with Gasteiger partial charge in [0.15, 0.2) is 34.7 Å². The first kappa shape index (κ1) is 28.0. The highest BCUT2D eigenvalue weighted by atomic mass is 16.3. The SMILES string of the molecule is CN(C)c1c(CN2C3CCC2CC3)cc(O)c2c1C[C@H]1C[C@H]3[C@H](N(C)C)C(=O)C(C(N)=O)C(=O)[C@@]3(O)C(=O)C1C2=O. The molecule has 0 spiro atoms. The lowest BCUT2D eigenvalue weighted by molar-refractivity contribution is -0.181. The smallest absolute Gasteiger partial charge is 0.235 e. The van der Waals surface area contributed by atoms with Crippen LogP contribution in [0, 0.1) is 23.7 Å². The van der Waals surface area contributed by atoms with E-state index in [-0.39, 0.29) is 24.2 Å². The number of phenolic OH excluding ortho intramolecular Hbond substituents is 1. The molecule has 11 nitrogen and oxygen atoms in total. The van der Waals surface area contributed by atoms with Gasteiger partial charge in [-0.15, -0.1) is 0 Å². The molecule has 4 N–H and O–H groups in total. The van der Waals surface area contributed by atoms with E-state index in [0.717, 1.165) is 36.9 Å². The minimum Gasteiger partial charge on any atom is -0.507 e. The fourth-order valence-electron chi connectivity index (χ4n) is 8.88. The number of primary amides is 1. The van der Waals surface area contributed by atoms with Crippen molar-refractivity contribution in [3.05, 3.63) is 22.8 Å². The third-order valence-corrected chi connectivity index (χ3v) is 10.5. The van der Waals surface area contributed by atoms with E-state index in [1.165, 1.54) is 4.90 Å². The number of hydrogen-bond donors (Lipinski definition) is 3. The second kappa shape index (κ2) is 9.43. The maximum Gasteiger partial charge on any atom is 0.235 e. The molecule has 11 heteroatoms. The minimum absolute atomic E-state index is 0.0356. The largest absolute Gasteiger partial charge is 0.507 e. The summed E-state index contributed by atoms with van der Waals surface area (Å²) in [7, 11) is 6.94. The second-order valence-corrected chi connectivity index (χ2v) is 13.1. The third kappa shape index (κ3) is 3.78. The van der Waals surface area contributed by atoms with Crippen molar-refractivity contribution in [2.24, 2.45) is 29.4 Å². The van der Waals surface area contributed by atoms with Gasteiger partial charge in [-0.05, 0) is 75.7 Å². The number of hydrogen-bond acceptors (Lipinski definition) is 10. The Hall–Kier alpha value is -3.15. The quantitative estimate of drug-likeness (QED) is 0.416. The molecule has 5 aliphatic rings. The first-order valence-electron chi connectivity index (χ1n) is 14.4. The predicted octanol–water partition coefficient (Wildman–Crippen LogP) is 0.0598. The molecule has 41 heavy (non-hydrogen) atoms. The predicted molar refractivity (Wildman–Crippen MR) is 147 cm³/mol. The number of nitrogens with two attached hydrogens (primary N) is 1. The number of fused-ring (bicyclic) bond motifs is 5. The highest BCUT2D eigenvalue weighted by Gasteiger charge is 2.69. The average molecular weight is 567 g/mol. The van der Waals surface area contributed by atoms with Crippen LogP contribution in [0.1, 0.15) is 53.6 Å². The van der Waals surface area contributed by atoms with Crippen LogP contribution in [0.4, 0.5) is 5.69 Å². The highest BCUT2D eigenvalue weighted by Crippen LogP contribution is 2.52. The Morgan fingerprint density at radius 1 is 1.05 bits per heavy atom. The number of rotatable bonds is 5. The first-order chi connectivity index (χ1) is 19.3. The number of carbonyl (C=O) groups excluding carboxylic acids is 5. The average Bonchev–Trinajstić information content (AvgIpc) is 3.44. The molecule has 6 rings (SSSR count). The van der Waals surface area contributed by atoms with Gasteiger partial charge in [0.1, 0.15) is 5.75 Å². The topological polar surface area (TPSA) is 162 Å². The van der Waals surface area contributed by atoms with E-state index in [1.807, 2.05) is 19.0 Å². The Morgan fingerprint density at radius 3 is 2.20 bits per heavy atom. The fraction of sp³-hybridized carbons (Fsp3) is 0.633. The zero-order valence-electron chi connectivity index (χ0n) is 23.9. The Balaban J connectivity index is 1.44. The van der Waals surface area contributed by atoms with E-state index in [9.17, 15) is 34.2 Å². The molecule has 2 unspecified atom stereocenters. The summed E-state index contributed by atoms with van der Waals surface area (Å²) in [4.78, 5) is 72.9. The molecule has 1 amide bonds. The van der Waals surface area contributed by atoms with Crippen LogP contribution in [0.3, 0.4) is 0 Å². The standard InChI is InChI=1S/C30H38N4O7/c1-32(2)23-14(12-34-15-5-6-16(34)8-7-15)11-19(35)21-17(23)9-13-10-18-24(33(3)4)26(37)22(29(31)40)28(39)30(18,41)27(38)20(13)25(21)36/h11,13,15-16,18,20,22,24,35,41H,5-10,12H2,1-4H3,(H2,31,40)/t13-,15?,16?,18-,20?,22?,24-,30-/m0/s1. The number of aromatic hydroxyl groups is 1. The van der Waals surface area contributed by atoms with Crippen LogP contribution < -0.4 is 10.6 Å². The summed E-state index contributed by atoms with van der Waals surface area (Å²) in [5.41, 5.74) is 5.09. The van der Waals surface area contributed by atoms with Crippen LogP contribution in [0.2, 0.25) is 0 Å². The fourth-order valence-corrected chi connectivity index (χ4v) is 8.88. The van der Waals surface area contributed by atoms with E-state index in [4.69, 9.17) is 5.73 Å². The van der Waals surface area contributed by atoms with Crippen LogP contribution in [-0.4, -0.2) is 101 Å². The van der Waals surface area contributed by atoms with Gasteiger partial charge in [-0.2, -0.15) is 0 Å². The Kier molecular flexibility index (Phi) is 6.44. The van der Waals surface area contributed by atoms with Crippen LogP contribution in [-0.2, 0) is 32.1 Å². The molecule has 2 saturated heterocycles. The summed E-state index contributed by atoms with van der Waals surface area (Å²) >= 11 is 0. The maximum atomic E-state index is 14.0. The van der Waals surface area contributed by atoms with E-state index < -0.39 is 64.4 Å². The summed E-state index contributed by atoms with van der Waals surface area (Å²) < 4.78 is 0. The number of phenols is 1. The zero-order chi connectivity index (χ0) is 29.7. The lowest BCUT2D eigenvalue weighted by atomic mass is 9.52. The highest BCUT2D eigenvalue weighted by molar-refractivity contribution is 6.32. The maximum absolute atomic E-state index is 14.0. The van der Waals surface area contributed by atoms with Gasteiger partial charge < -0.3 is 20.8 Å². The third-order valence-electron chi connectivity index (χ3n) is 10.5. The van der Waals surface area contributed by atoms with Gasteiger partial charge in [0.25, 0.3) is 0 Å². The number of likely N-dealkylation sites (N-methyl/N-ethyl adjacent to an activating group) is 1. The monoisotopic (exact) mass is 566 g/mol. The van der Waals surface area contributed by atoms with E-state index in [2.05, 4.69) is 4.90 Å². The molecule has 3 aliphatic carbocycles. The molecule has 2 bridgehead atoms. The minimum atomic E-state index is -2.72. The van der Waals surface area contributed by atoms with Crippen molar-refractivity contribution in [3.63, 3.8) is 0 Å². The molecular weight excluding hydrogens is 528 g/mol. The molecular formula is C30H38N4O7. The molecule has 2 saturated carbocycles. The number of carbonyl (C=O) groups is 5. The van der Waals surface area contributed by atoms with Crippen LogP contribution >= 0.6 is 0 Å². The molecule has 1 aromatic carbocycles. The van der Waals surface area contributed by atoms with Gasteiger partial charge in [-0.25, -0.2) is 0 Å². The van der Waals surface area contributed by atoms with E-state index >= 15 is 0 Å². The van der Waals surface area contributed by atoms with Gasteiger partial charge in [-0.3, -0.25) is 33.8 Å². The summed E-state index contributed by atoms with van der Waals surface area (Å²) in [6, 6.07) is 1.53. The summed E-state index contributed by atoms with van der Waals surface area (Å²) in [5.74, 6) is -10.2. The number of amides is 1. The zero-order valence-corrected chi connectivity index (χ0v) is 23.9. The molecule has 2 heterocycles. The van der Waals surface area contributed by atoms with Crippen LogP contribution in [0.5, 0.6) is 5.75 Å². The molecule has 1 aromatic rings. The van der Waals surface area contributed by atoms with Crippen molar-refractivity contribution in [2.75, 3.05) is 33.1 Å².